The molecule has 0 aliphatic carbocycles. The minimum absolute atomic E-state index is 0.0646. The molecule has 1 aromatic carbocycles. The number of hydrogen-bond acceptors (Lipinski definition) is 9. The fraction of sp³-hybridized carbons (Fsp3) is 0.375. The summed E-state index contributed by atoms with van der Waals surface area (Å²) in [5, 5.41) is 11.0. The van der Waals surface area contributed by atoms with Crippen LogP contribution in [0.3, 0.4) is 0 Å². The zero-order valence-electron chi connectivity index (χ0n) is 15.8. The number of benzene rings is 1. The number of carbonyl (C=O) groups is 2. The summed E-state index contributed by atoms with van der Waals surface area (Å²) in [6.07, 6.45) is 1.26. The van der Waals surface area contributed by atoms with Crippen molar-refractivity contribution in [3.05, 3.63) is 29.3 Å². The highest BCUT2D eigenvalue weighted by Crippen LogP contribution is 2.28. The van der Waals surface area contributed by atoms with Crippen LogP contribution < -0.4 is 9.62 Å². The van der Waals surface area contributed by atoms with Crippen LogP contribution in [0.15, 0.2) is 28.6 Å². The lowest BCUT2D eigenvalue weighted by Gasteiger charge is -2.29. The van der Waals surface area contributed by atoms with Crippen LogP contribution in [-0.4, -0.2) is 55.7 Å². The molecule has 0 spiro atoms. The van der Waals surface area contributed by atoms with E-state index in [1.54, 1.807) is 19.1 Å². The number of methoxy groups -OCH3 is 1. The number of sulfonamides is 1. The number of ether oxygens (including phenoxy) is 1. The Morgan fingerprint density at radius 1 is 1.31 bits per heavy atom. The first-order valence-electron chi connectivity index (χ1n) is 8.24. The Kier molecular flexibility index (Phi) is 8.25. The molecule has 0 aliphatic heterocycles. The number of anilines is 2. The third-order valence-electron chi connectivity index (χ3n) is 3.59. The van der Waals surface area contributed by atoms with E-state index in [-0.39, 0.29) is 17.3 Å². The number of rotatable bonds is 9. The van der Waals surface area contributed by atoms with Crippen LogP contribution in [0.2, 0.25) is 5.02 Å². The fourth-order valence-corrected chi connectivity index (χ4v) is 5.26. The van der Waals surface area contributed by atoms with Gasteiger partial charge in [-0.3, -0.25) is 19.2 Å². The van der Waals surface area contributed by atoms with Gasteiger partial charge in [-0.15, -0.1) is 10.2 Å². The second-order valence-corrected chi connectivity index (χ2v) is 10.2. The Balaban J connectivity index is 2.18. The summed E-state index contributed by atoms with van der Waals surface area (Å²) >= 11 is 8.08. The van der Waals surface area contributed by atoms with Crippen molar-refractivity contribution in [3.8, 4) is 0 Å². The van der Waals surface area contributed by atoms with Gasteiger partial charge >= 0.3 is 5.97 Å². The number of thioether (sulfide) groups is 1. The highest BCUT2D eigenvalue weighted by molar-refractivity contribution is 8.01. The number of halogens is 1. The molecule has 158 valence electrons. The summed E-state index contributed by atoms with van der Waals surface area (Å²) in [6.45, 7) is 1.70. The van der Waals surface area contributed by atoms with E-state index in [1.807, 2.05) is 0 Å². The normalized spacial score (nSPS) is 12.3. The minimum atomic E-state index is -3.75. The highest BCUT2D eigenvalue weighted by Gasteiger charge is 2.32. The third-order valence-corrected chi connectivity index (χ3v) is 6.97. The zero-order valence-corrected chi connectivity index (χ0v) is 19.0. The molecule has 1 atom stereocenters. The first kappa shape index (κ1) is 23.4. The molecule has 2 aromatic rings. The van der Waals surface area contributed by atoms with Crippen molar-refractivity contribution in [1.82, 2.24) is 10.2 Å². The standard InChI is InChI=1S/C16H19ClN4O5S3/c1-4-12(21(29(3,24)25)11-7-5-10(17)6-8-11)14(23)18-15-19-20-16(28-15)27-9-13(22)26-2/h5-8,12H,4,9H2,1-3H3,(H,18,19,23). The topological polar surface area (TPSA) is 119 Å². The number of aromatic nitrogens is 2. The number of esters is 1. The molecular formula is C16H19ClN4O5S3. The summed E-state index contributed by atoms with van der Waals surface area (Å²) in [5.74, 6) is -0.892. The van der Waals surface area contributed by atoms with Gasteiger partial charge in [0, 0.05) is 5.02 Å². The average molecular weight is 479 g/mol. The smallest absolute Gasteiger partial charge is 0.316 e. The van der Waals surface area contributed by atoms with Gasteiger partial charge in [0.15, 0.2) is 4.34 Å². The molecule has 29 heavy (non-hydrogen) atoms. The second kappa shape index (κ2) is 10.2. The van der Waals surface area contributed by atoms with E-state index in [1.165, 1.54) is 19.2 Å². The maximum atomic E-state index is 12.8. The van der Waals surface area contributed by atoms with Crippen molar-refractivity contribution >= 4 is 67.4 Å². The minimum Gasteiger partial charge on any atom is -0.468 e. The molecule has 0 saturated heterocycles. The summed E-state index contributed by atoms with van der Waals surface area (Å²) < 4.78 is 30.9. The van der Waals surface area contributed by atoms with Crippen LogP contribution in [0.1, 0.15) is 13.3 Å². The zero-order chi connectivity index (χ0) is 21.6. The van der Waals surface area contributed by atoms with Crippen molar-refractivity contribution in [2.24, 2.45) is 0 Å². The van der Waals surface area contributed by atoms with Crippen molar-refractivity contribution in [1.29, 1.82) is 0 Å². The summed E-state index contributed by atoms with van der Waals surface area (Å²) in [7, 11) is -2.47. The van der Waals surface area contributed by atoms with Gasteiger partial charge in [0.1, 0.15) is 6.04 Å². The maximum Gasteiger partial charge on any atom is 0.316 e. The molecule has 0 radical (unpaired) electrons. The van der Waals surface area contributed by atoms with Gasteiger partial charge < -0.3 is 4.74 Å². The molecular weight excluding hydrogens is 460 g/mol. The van der Waals surface area contributed by atoms with Gasteiger partial charge in [0.25, 0.3) is 0 Å². The maximum absolute atomic E-state index is 12.8. The molecule has 13 heteroatoms. The SMILES string of the molecule is CCC(C(=O)Nc1nnc(SCC(=O)OC)s1)N(c1ccc(Cl)cc1)S(C)(=O)=O. The molecule has 1 N–H and O–H groups in total. The predicted octanol–water partition coefficient (Wildman–Crippen LogP) is 2.64. The first-order chi connectivity index (χ1) is 13.7. The van der Waals surface area contributed by atoms with Gasteiger partial charge in [-0.2, -0.15) is 0 Å². The van der Waals surface area contributed by atoms with E-state index in [9.17, 15) is 18.0 Å². The number of nitrogens with one attached hydrogen (secondary N) is 1. The molecule has 1 unspecified atom stereocenters. The second-order valence-electron chi connectivity index (χ2n) is 5.69. The monoisotopic (exact) mass is 478 g/mol. The van der Waals surface area contributed by atoms with E-state index in [0.29, 0.717) is 15.0 Å². The van der Waals surface area contributed by atoms with Gasteiger partial charge in [-0.1, -0.05) is 41.6 Å². The third kappa shape index (κ3) is 6.56. The van der Waals surface area contributed by atoms with Crippen molar-refractivity contribution in [3.63, 3.8) is 0 Å². The van der Waals surface area contributed by atoms with E-state index in [0.717, 1.165) is 33.7 Å². The molecule has 0 fully saturated rings. The number of amides is 1. The van der Waals surface area contributed by atoms with Crippen LogP contribution >= 0.6 is 34.7 Å². The highest BCUT2D eigenvalue weighted by atomic mass is 35.5. The lowest BCUT2D eigenvalue weighted by molar-refractivity contribution is -0.137. The average Bonchev–Trinajstić information content (AvgIpc) is 3.11. The lowest BCUT2D eigenvalue weighted by atomic mass is 10.2. The summed E-state index contributed by atoms with van der Waals surface area (Å²) in [4.78, 5) is 24.0. The lowest BCUT2D eigenvalue weighted by Crippen LogP contribution is -2.46. The molecule has 2 rings (SSSR count). The largest absolute Gasteiger partial charge is 0.468 e. The molecule has 1 aromatic heterocycles. The summed E-state index contributed by atoms with van der Waals surface area (Å²) in [5.41, 5.74) is 0.325. The number of hydrogen-bond donors (Lipinski definition) is 1. The Bertz CT molecular complexity index is 965. The van der Waals surface area contributed by atoms with E-state index < -0.39 is 27.9 Å². The van der Waals surface area contributed by atoms with Gasteiger partial charge in [-0.05, 0) is 30.7 Å². The van der Waals surface area contributed by atoms with Gasteiger partial charge in [0.2, 0.25) is 21.1 Å². The Labute approximate surface area is 181 Å². The van der Waals surface area contributed by atoms with Crippen LogP contribution in [0.4, 0.5) is 10.8 Å². The van der Waals surface area contributed by atoms with E-state index in [4.69, 9.17) is 11.6 Å². The van der Waals surface area contributed by atoms with Gasteiger partial charge in [0.05, 0.1) is 24.8 Å². The van der Waals surface area contributed by atoms with Crippen LogP contribution in [0.5, 0.6) is 0 Å². The number of carbonyl (C=O) groups excluding carboxylic acids is 2. The van der Waals surface area contributed by atoms with Crippen molar-refractivity contribution < 1.29 is 22.7 Å². The van der Waals surface area contributed by atoms with Crippen LogP contribution in [0, 0.1) is 0 Å². The van der Waals surface area contributed by atoms with Crippen molar-refractivity contribution in [2.45, 2.75) is 23.7 Å². The Morgan fingerprint density at radius 2 is 1.97 bits per heavy atom. The molecule has 9 nitrogen and oxygen atoms in total. The first-order valence-corrected chi connectivity index (χ1v) is 12.3. The quantitative estimate of drug-likeness (QED) is 0.332. The Hall–Kier alpha value is -1.89. The van der Waals surface area contributed by atoms with E-state index in [2.05, 4.69) is 20.3 Å². The molecule has 1 heterocycles. The molecule has 0 bridgehead atoms. The van der Waals surface area contributed by atoms with Crippen LogP contribution in [-0.2, 0) is 24.3 Å². The number of nitrogens with zero attached hydrogens (tertiary/aromatic N) is 3. The van der Waals surface area contributed by atoms with Crippen LogP contribution in [0.25, 0.3) is 0 Å². The molecule has 0 saturated carbocycles. The van der Waals surface area contributed by atoms with E-state index >= 15 is 0 Å². The Morgan fingerprint density at radius 3 is 2.52 bits per heavy atom. The molecule has 0 aliphatic rings. The van der Waals surface area contributed by atoms with Crippen molar-refractivity contribution in [2.75, 3.05) is 28.7 Å². The van der Waals surface area contributed by atoms with Gasteiger partial charge in [-0.25, -0.2) is 8.42 Å². The molecule has 1 amide bonds. The predicted molar refractivity (Wildman–Crippen MR) is 114 cm³/mol. The fourth-order valence-electron chi connectivity index (χ4n) is 2.34. The summed E-state index contributed by atoms with van der Waals surface area (Å²) in [6, 6.07) is 5.17.